The van der Waals surface area contributed by atoms with E-state index in [9.17, 15) is 0 Å². The summed E-state index contributed by atoms with van der Waals surface area (Å²) in [4.78, 5) is 4.39. The Morgan fingerprint density at radius 1 is 1.19 bits per heavy atom. The first-order valence-corrected chi connectivity index (χ1v) is 8.36. The van der Waals surface area contributed by atoms with Gasteiger partial charge in [-0.25, -0.2) is 4.98 Å². The van der Waals surface area contributed by atoms with Crippen LogP contribution < -0.4 is 10.1 Å². The Labute approximate surface area is 142 Å². The lowest BCUT2D eigenvalue weighted by atomic mass is 10.2. The minimum absolute atomic E-state index is 0.409. The number of benzene rings is 1. The Balaban J connectivity index is 2.26. The number of halogens is 2. The third-order valence-electron chi connectivity index (χ3n) is 2.94. The molecule has 0 amide bonds. The second kappa shape index (κ2) is 7.38. The maximum atomic E-state index is 5.99. The fourth-order valence-electron chi connectivity index (χ4n) is 1.83. The molecule has 0 radical (unpaired) electrons. The molecule has 1 N–H and O–H groups in total. The third-order valence-corrected chi connectivity index (χ3v) is 3.86. The van der Waals surface area contributed by atoms with Gasteiger partial charge in [0.25, 0.3) is 0 Å². The normalized spacial score (nSPS) is 11.0. The summed E-state index contributed by atoms with van der Waals surface area (Å²) in [5, 5.41) is 3.39. The standard InChI is InChI=1S/C16H18Br2N2O/c1-10(2)19-8-12-7-14(18)9-20-16(12)21-15-5-4-13(17)6-11(15)3/h4-7,9-10,19H,8H2,1-3H3. The van der Waals surface area contributed by atoms with Gasteiger partial charge >= 0.3 is 0 Å². The Bertz CT molecular complexity index is 630. The number of hydrogen-bond acceptors (Lipinski definition) is 3. The van der Waals surface area contributed by atoms with E-state index in [1.165, 1.54) is 0 Å². The van der Waals surface area contributed by atoms with Crippen molar-refractivity contribution in [3.05, 3.63) is 50.5 Å². The molecule has 2 aromatic rings. The maximum Gasteiger partial charge on any atom is 0.223 e. The van der Waals surface area contributed by atoms with Gasteiger partial charge in [0.15, 0.2) is 0 Å². The molecule has 21 heavy (non-hydrogen) atoms. The predicted octanol–water partition coefficient (Wildman–Crippen LogP) is 5.21. The average Bonchev–Trinajstić information content (AvgIpc) is 2.41. The van der Waals surface area contributed by atoms with E-state index in [2.05, 4.69) is 56.0 Å². The van der Waals surface area contributed by atoms with E-state index < -0.39 is 0 Å². The minimum Gasteiger partial charge on any atom is -0.438 e. The molecule has 0 aliphatic heterocycles. The first-order valence-electron chi connectivity index (χ1n) is 6.77. The van der Waals surface area contributed by atoms with Gasteiger partial charge in [0.2, 0.25) is 5.88 Å². The Kier molecular flexibility index (Phi) is 5.79. The fraction of sp³-hybridized carbons (Fsp3) is 0.312. The van der Waals surface area contributed by atoms with Gasteiger partial charge in [-0.2, -0.15) is 0 Å². The van der Waals surface area contributed by atoms with Gasteiger partial charge in [0, 0.05) is 33.3 Å². The molecule has 1 aromatic heterocycles. The molecule has 0 bridgehead atoms. The number of ether oxygens (including phenoxy) is 1. The summed E-state index contributed by atoms with van der Waals surface area (Å²) in [5.41, 5.74) is 2.09. The van der Waals surface area contributed by atoms with Crippen LogP contribution in [0.15, 0.2) is 39.4 Å². The van der Waals surface area contributed by atoms with Crippen LogP contribution in [0.4, 0.5) is 0 Å². The summed E-state index contributed by atoms with van der Waals surface area (Å²) < 4.78 is 7.98. The second-order valence-electron chi connectivity index (χ2n) is 5.17. The van der Waals surface area contributed by atoms with E-state index in [1.807, 2.05) is 31.2 Å². The predicted molar refractivity (Wildman–Crippen MR) is 92.9 cm³/mol. The van der Waals surface area contributed by atoms with Crippen LogP contribution >= 0.6 is 31.9 Å². The summed E-state index contributed by atoms with van der Waals surface area (Å²) in [7, 11) is 0. The molecule has 1 aromatic carbocycles. The van der Waals surface area contributed by atoms with Crippen molar-refractivity contribution < 1.29 is 4.74 Å². The van der Waals surface area contributed by atoms with Crippen molar-refractivity contribution in [1.29, 1.82) is 0 Å². The number of hydrogen-bond donors (Lipinski definition) is 1. The van der Waals surface area contributed by atoms with Crippen molar-refractivity contribution in [1.82, 2.24) is 10.3 Å². The number of rotatable bonds is 5. The minimum atomic E-state index is 0.409. The van der Waals surface area contributed by atoms with Gasteiger partial charge in [-0.15, -0.1) is 0 Å². The maximum absolute atomic E-state index is 5.99. The molecule has 0 atom stereocenters. The molecule has 5 heteroatoms. The van der Waals surface area contributed by atoms with Crippen molar-refractivity contribution in [3.63, 3.8) is 0 Å². The first kappa shape index (κ1) is 16.5. The highest BCUT2D eigenvalue weighted by Crippen LogP contribution is 2.29. The van der Waals surface area contributed by atoms with Crippen LogP contribution in [-0.2, 0) is 6.54 Å². The van der Waals surface area contributed by atoms with Crippen LogP contribution in [0.1, 0.15) is 25.0 Å². The molecular weight excluding hydrogens is 396 g/mol. The van der Waals surface area contributed by atoms with Crippen molar-refractivity contribution >= 4 is 31.9 Å². The highest BCUT2D eigenvalue weighted by atomic mass is 79.9. The molecule has 0 spiro atoms. The quantitative estimate of drug-likeness (QED) is 0.730. The smallest absolute Gasteiger partial charge is 0.223 e. The summed E-state index contributed by atoms with van der Waals surface area (Å²) in [6.07, 6.45) is 1.75. The van der Waals surface area contributed by atoms with E-state index >= 15 is 0 Å². The number of pyridine rings is 1. The van der Waals surface area contributed by atoms with Gasteiger partial charge in [0.1, 0.15) is 5.75 Å². The van der Waals surface area contributed by atoms with Crippen LogP contribution in [0.2, 0.25) is 0 Å². The molecule has 0 aliphatic carbocycles. The van der Waals surface area contributed by atoms with Gasteiger partial charge < -0.3 is 10.1 Å². The van der Waals surface area contributed by atoms with Gasteiger partial charge in [-0.1, -0.05) is 29.8 Å². The summed E-state index contributed by atoms with van der Waals surface area (Å²) in [6, 6.07) is 8.38. The van der Waals surface area contributed by atoms with Crippen molar-refractivity contribution in [2.75, 3.05) is 0 Å². The lowest BCUT2D eigenvalue weighted by Gasteiger charge is -2.14. The summed E-state index contributed by atoms with van der Waals surface area (Å²) in [6.45, 7) is 6.97. The number of nitrogens with zero attached hydrogens (tertiary/aromatic N) is 1. The Morgan fingerprint density at radius 2 is 1.95 bits per heavy atom. The molecule has 2 rings (SSSR count). The molecule has 0 unspecified atom stereocenters. The zero-order valence-corrected chi connectivity index (χ0v) is 15.5. The molecule has 0 fully saturated rings. The first-order chi connectivity index (χ1) is 9.95. The monoisotopic (exact) mass is 412 g/mol. The fourth-order valence-corrected chi connectivity index (χ4v) is 2.69. The van der Waals surface area contributed by atoms with Gasteiger partial charge in [-0.3, -0.25) is 0 Å². The van der Waals surface area contributed by atoms with Crippen LogP contribution in [0.5, 0.6) is 11.6 Å². The highest BCUT2D eigenvalue weighted by Gasteiger charge is 2.10. The largest absolute Gasteiger partial charge is 0.438 e. The Morgan fingerprint density at radius 3 is 2.62 bits per heavy atom. The zero-order valence-electron chi connectivity index (χ0n) is 12.3. The molecule has 0 saturated carbocycles. The van der Waals surface area contributed by atoms with Gasteiger partial charge in [0.05, 0.1) is 0 Å². The lowest BCUT2D eigenvalue weighted by molar-refractivity contribution is 0.447. The lowest BCUT2D eigenvalue weighted by Crippen LogP contribution is -2.22. The highest BCUT2D eigenvalue weighted by molar-refractivity contribution is 9.10. The summed E-state index contributed by atoms with van der Waals surface area (Å²) in [5.74, 6) is 1.45. The topological polar surface area (TPSA) is 34.1 Å². The zero-order chi connectivity index (χ0) is 15.4. The SMILES string of the molecule is Cc1cc(Br)ccc1Oc1ncc(Br)cc1CNC(C)C. The van der Waals surface area contributed by atoms with Crippen molar-refractivity contribution in [2.24, 2.45) is 0 Å². The van der Waals surface area contributed by atoms with Crippen LogP contribution in [0, 0.1) is 6.92 Å². The molecule has 1 heterocycles. The van der Waals surface area contributed by atoms with Crippen LogP contribution in [0.3, 0.4) is 0 Å². The van der Waals surface area contributed by atoms with Crippen LogP contribution in [-0.4, -0.2) is 11.0 Å². The van der Waals surface area contributed by atoms with Crippen molar-refractivity contribution in [2.45, 2.75) is 33.4 Å². The summed E-state index contributed by atoms with van der Waals surface area (Å²) >= 11 is 6.92. The van der Waals surface area contributed by atoms with Gasteiger partial charge in [-0.05, 0) is 52.7 Å². The molecule has 0 saturated heterocycles. The number of nitrogens with one attached hydrogen (secondary N) is 1. The molecular formula is C16H18Br2N2O. The third kappa shape index (κ3) is 4.80. The van der Waals surface area contributed by atoms with E-state index in [-0.39, 0.29) is 0 Å². The average molecular weight is 414 g/mol. The van der Waals surface area contributed by atoms with E-state index in [4.69, 9.17) is 4.74 Å². The van der Waals surface area contributed by atoms with Crippen LogP contribution in [0.25, 0.3) is 0 Å². The number of aromatic nitrogens is 1. The van der Waals surface area contributed by atoms with E-state index in [0.29, 0.717) is 11.9 Å². The molecule has 112 valence electrons. The van der Waals surface area contributed by atoms with E-state index in [1.54, 1.807) is 6.20 Å². The van der Waals surface area contributed by atoms with Crippen molar-refractivity contribution in [3.8, 4) is 11.6 Å². The Hall–Kier alpha value is -0.910. The number of aryl methyl sites for hydroxylation is 1. The second-order valence-corrected chi connectivity index (χ2v) is 7.00. The van der Waals surface area contributed by atoms with E-state index in [0.717, 1.165) is 32.4 Å². The molecule has 3 nitrogen and oxygen atoms in total. The molecule has 0 aliphatic rings.